The number of sulfonamides is 1. The number of phenolic OH excluding ortho intramolecular Hbond substituents is 1. The SMILES string of the molecule is O=S(=O)(Cc1ccccc1)Nc1cc(Cl)cc(Cl)c1O. The maximum atomic E-state index is 12.0. The Balaban J connectivity index is 2.25. The Hall–Kier alpha value is -1.43. The van der Waals surface area contributed by atoms with Gasteiger partial charge >= 0.3 is 0 Å². The molecule has 2 aromatic rings. The Kier molecular flexibility index (Phi) is 4.42. The Morgan fingerprint density at radius 1 is 1.10 bits per heavy atom. The van der Waals surface area contributed by atoms with Gasteiger partial charge in [0.15, 0.2) is 5.75 Å². The lowest BCUT2D eigenvalue weighted by Crippen LogP contribution is -2.15. The van der Waals surface area contributed by atoms with Crippen LogP contribution in [0.4, 0.5) is 5.69 Å². The van der Waals surface area contributed by atoms with Gasteiger partial charge in [-0.2, -0.15) is 0 Å². The molecule has 7 heteroatoms. The second kappa shape index (κ2) is 5.91. The van der Waals surface area contributed by atoms with Crippen LogP contribution in [0.3, 0.4) is 0 Å². The zero-order valence-corrected chi connectivity index (χ0v) is 12.5. The fourth-order valence-electron chi connectivity index (χ4n) is 1.64. The number of halogens is 2. The van der Waals surface area contributed by atoms with Crippen molar-refractivity contribution in [2.45, 2.75) is 5.75 Å². The van der Waals surface area contributed by atoms with Gasteiger partial charge in [-0.05, 0) is 17.7 Å². The van der Waals surface area contributed by atoms with Crippen molar-refractivity contribution in [1.82, 2.24) is 0 Å². The van der Waals surface area contributed by atoms with Crippen molar-refractivity contribution in [1.29, 1.82) is 0 Å². The Bertz CT molecular complexity index is 718. The predicted molar refractivity (Wildman–Crippen MR) is 80.8 cm³/mol. The lowest BCUT2D eigenvalue weighted by atomic mass is 10.2. The third-order valence-corrected chi connectivity index (χ3v) is 4.24. The molecule has 4 nitrogen and oxygen atoms in total. The summed E-state index contributed by atoms with van der Waals surface area (Å²) < 4.78 is 26.3. The van der Waals surface area contributed by atoms with Crippen molar-refractivity contribution in [2.75, 3.05) is 4.72 Å². The zero-order chi connectivity index (χ0) is 14.8. The second-order valence-corrected chi connectivity index (χ2v) is 6.70. The summed E-state index contributed by atoms with van der Waals surface area (Å²) in [5.74, 6) is -0.565. The Labute approximate surface area is 127 Å². The number of hydrogen-bond donors (Lipinski definition) is 2. The van der Waals surface area contributed by atoms with E-state index in [4.69, 9.17) is 23.2 Å². The summed E-state index contributed by atoms with van der Waals surface area (Å²) in [5.41, 5.74) is 0.589. The van der Waals surface area contributed by atoms with Crippen LogP contribution in [-0.2, 0) is 15.8 Å². The summed E-state index contributed by atoms with van der Waals surface area (Å²) in [4.78, 5) is 0. The van der Waals surface area contributed by atoms with Crippen LogP contribution in [0.15, 0.2) is 42.5 Å². The molecule has 0 amide bonds. The molecule has 0 saturated carbocycles. The average molecular weight is 332 g/mol. The molecule has 20 heavy (non-hydrogen) atoms. The van der Waals surface area contributed by atoms with Crippen molar-refractivity contribution in [3.63, 3.8) is 0 Å². The van der Waals surface area contributed by atoms with E-state index in [1.54, 1.807) is 30.3 Å². The number of nitrogens with one attached hydrogen (secondary N) is 1. The summed E-state index contributed by atoms with van der Waals surface area (Å²) in [7, 11) is -3.67. The van der Waals surface area contributed by atoms with Crippen LogP contribution < -0.4 is 4.72 Å². The number of benzene rings is 2. The number of rotatable bonds is 4. The van der Waals surface area contributed by atoms with Gasteiger partial charge in [-0.1, -0.05) is 53.5 Å². The van der Waals surface area contributed by atoms with E-state index in [2.05, 4.69) is 4.72 Å². The summed E-state index contributed by atoms with van der Waals surface area (Å²) in [6.45, 7) is 0. The number of aromatic hydroxyl groups is 1. The molecular weight excluding hydrogens is 321 g/mol. The molecule has 0 aliphatic rings. The lowest BCUT2D eigenvalue weighted by Gasteiger charge is -2.11. The highest BCUT2D eigenvalue weighted by atomic mass is 35.5. The summed E-state index contributed by atoms with van der Waals surface area (Å²) in [6.07, 6.45) is 0. The van der Waals surface area contributed by atoms with E-state index < -0.39 is 10.0 Å². The molecule has 0 unspecified atom stereocenters. The van der Waals surface area contributed by atoms with Crippen molar-refractivity contribution in [2.24, 2.45) is 0 Å². The van der Waals surface area contributed by atoms with Crippen molar-refractivity contribution in [3.8, 4) is 5.75 Å². The molecule has 2 N–H and O–H groups in total. The van der Waals surface area contributed by atoms with Gasteiger partial charge in [-0.25, -0.2) is 8.42 Å². The molecule has 0 spiro atoms. The van der Waals surface area contributed by atoms with Gasteiger partial charge in [0, 0.05) is 5.02 Å². The molecule has 0 aliphatic heterocycles. The first-order valence-corrected chi connectivity index (χ1v) is 8.00. The van der Waals surface area contributed by atoms with E-state index in [1.807, 2.05) is 0 Å². The van der Waals surface area contributed by atoms with Crippen molar-refractivity contribution >= 4 is 38.9 Å². The van der Waals surface area contributed by atoms with Gasteiger partial charge in [-0.3, -0.25) is 4.72 Å². The van der Waals surface area contributed by atoms with E-state index >= 15 is 0 Å². The Morgan fingerprint density at radius 2 is 1.75 bits per heavy atom. The minimum absolute atomic E-state index is 0.0186. The maximum Gasteiger partial charge on any atom is 0.237 e. The van der Waals surface area contributed by atoms with Crippen LogP contribution >= 0.6 is 23.2 Å². The van der Waals surface area contributed by atoms with Gasteiger partial charge in [0.05, 0.1) is 16.5 Å². The van der Waals surface area contributed by atoms with Crippen LogP contribution in [0, 0.1) is 0 Å². The van der Waals surface area contributed by atoms with Gasteiger partial charge in [0.2, 0.25) is 10.0 Å². The molecular formula is C13H11Cl2NO3S. The quantitative estimate of drug-likeness (QED) is 0.840. The zero-order valence-electron chi connectivity index (χ0n) is 10.2. The first kappa shape index (κ1) is 15.0. The second-order valence-electron chi connectivity index (χ2n) is 4.13. The van der Waals surface area contributed by atoms with Crippen LogP contribution in [0.1, 0.15) is 5.56 Å². The third-order valence-electron chi connectivity index (χ3n) is 2.49. The smallest absolute Gasteiger partial charge is 0.237 e. The minimum Gasteiger partial charge on any atom is -0.504 e. The predicted octanol–water partition coefficient (Wildman–Crippen LogP) is 3.64. The van der Waals surface area contributed by atoms with Gasteiger partial charge in [0.25, 0.3) is 0 Å². The van der Waals surface area contributed by atoms with E-state index in [1.165, 1.54) is 12.1 Å². The molecule has 0 aliphatic carbocycles. The van der Waals surface area contributed by atoms with Crippen LogP contribution in [0.5, 0.6) is 5.75 Å². The molecule has 0 radical (unpaired) electrons. The normalized spacial score (nSPS) is 11.3. The molecule has 0 fully saturated rings. The number of anilines is 1. The molecule has 2 aromatic carbocycles. The highest BCUT2D eigenvalue weighted by molar-refractivity contribution is 7.91. The van der Waals surface area contributed by atoms with E-state index in [-0.39, 0.29) is 27.2 Å². The fourth-order valence-corrected chi connectivity index (χ4v) is 3.33. The average Bonchev–Trinajstić information content (AvgIpc) is 2.35. The molecule has 2 rings (SSSR count). The summed E-state index contributed by atoms with van der Waals surface area (Å²) in [5, 5.41) is 9.94. The van der Waals surface area contributed by atoms with Crippen LogP contribution in [-0.4, -0.2) is 13.5 Å². The summed E-state index contributed by atoms with van der Waals surface area (Å²) >= 11 is 11.5. The van der Waals surface area contributed by atoms with Gasteiger partial charge < -0.3 is 5.11 Å². The molecule has 0 atom stereocenters. The van der Waals surface area contributed by atoms with E-state index in [0.29, 0.717) is 5.56 Å². The van der Waals surface area contributed by atoms with Gasteiger partial charge in [-0.15, -0.1) is 0 Å². The van der Waals surface area contributed by atoms with Gasteiger partial charge in [0.1, 0.15) is 0 Å². The largest absolute Gasteiger partial charge is 0.504 e. The first-order chi connectivity index (χ1) is 9.37. The highest BCUT2D eigenvalue weighted by Gasteiger charge is 2.16. The fraction of sp³-hybridized carbons (Fsp3) is 0.0769. The lowest BCUT2D eigenvalue weighted by molar-refractivity contribution is 0.478. The van der Waals surface area contributed by atoms with Crippen LogP contribution in [0.25, 0.3) is 0 Å². The van der Waals surface area contributed by atoms with E-state index in [9.17, 15) is 13.5 Å². The minimum atomic E-state index is -3.67. The molecule has 0 bridgehead atoms. The van der Waals surface area contributed by atoms with Crippen molar-refractivity contribution in [3.05, 3.63) is 58.1 Å². The molecule has 0 heterocycles. The first-order valence-electron chi connectivity index (χ1n) is 5.60. The standard InChI is InChI=1S/C13H11Cl2NO3S/c14-10-6-11(15)13(17)12(7-10)16-20(18,19)8-9-4-2-1-3-5-9/h1-7,16-17H,8H2. The van der Waals surface area contributed by atoms with Crippen LogP contribution in [0.2, 0.25) is 10.0 Å². The molecule has 0 saturated heterocycles. The maximum absolute atomic E-state index is 12.0. The molecule has 106 valence electrons. The Morgan fingerprint density at radius 3 is 2.40 bits per heavy atom. The monoisotopic (exact) mass is 331 g/mol. The number of hydrogen-bond acceptors (Lipinski definition) is 3. The molecule has 0 aromatic heterocycles. The van der Waals surface area contributed by atoms with E-state index in [0.717, 1.165) is 0 Å². The van der Waals surface area contributed by atoms with Crippen molar-refractivity contribution < 1.29 is 13.5 Å². The summed E-state index contributed by atoms with van der Waals surface area (Å²) in [6, 6.07) is 11.3. The highest BCUT2D eigenvalue weighted by Crippen LogP contribution is 2.35. The third kappa shape index (κ3) is 3.79. The number of phenols is 1. The topological polar surface area (TPSA) is 66.4 Å².